The molecule has 0 saturated carbocycles. The number of hydrogen-bond donors (Lipinski definition) is 1. The van der Waals surface area contributed by atoms with Crippen molar-refractivity contribution >= 4 is 11.6 Å². The van der Waals surface area contributed by atoms with Gasteiger partial charge in [0.2, 0.25) is 0 Å². The van der Waals surface area contributed by atoms with Gasteiger partial charge < -0.3 is 9.84 Å². The second-order valence-corrected chi connectivity index (χ2v) is 4.86. The van der Waals surface area contributed by atoms with Gasteiger partial charge >= 0.3 is 0 Å². The van der Waals surface area contributed by atoms with Gasteiger partial charge in [-0.05, 0) is 24.6 Å². The lowest BCUT2D eigenvalue weighted by Crippen LogP contribution is -2.04. The lowest BCUT2D eigenvalue weighted by atomic mass is 10.1. The van der Waals surface area contributed by atoms with Gasteiger partial charge in [-0.3, -0.25) is 0 Å². The molecule has 20 heavy (non-hydrogen) atoms. The summed E-state index contributed by atoms with van der Waals surface area (Å²) in [6.45, 7) is 1.91. The summed E-state index contributed by atoms with van der Waals surface area (Å²) in [7, 11) is 0. The Bertz CT molecular complexity index is 566. The van der Waals surface area contributed by atoms with Crippen LogP contribution in [0.15, 0.2) is 42.5 Å². The molecule has 2 aromatic rings. The molecule has 106 valence electrons. The van der Waals surface area contributed by atoms with Crippen LogP contribution in [-0.2, 0) is 6.61 Å². The minimum atomic E-state index is -0.595. The molecule has 0 bridgehead atoms. The predicted molar refractivity (Wildman–Crippen MR) is 77.4 cm³/mol. The van der Waals surface area contributed by atoms with Crippen LogP contribution < -0.4 is 4.74 Å². The lowest BCUT2D eigenvalue weighted by molar-refractivity contribution is 0.166. The van der Waals surface area contributed by atoms with Crippen LogP contribution in [0.3, 0.4) is 0 Å². The number of aliphatic hydroxyl groups excluding tert-OH is 1. The van der Waals surface area contributed by atoms with E-state index in [0.717, 1.165) is 0 Å². The number of halogens is 2. The Morgan fingerprint density at radius 2 is 1.95 bits per heavy atom. The molecule has 1 atom stereocenters. The van der Waals surface area contributed by atoms with Gasteiger partial charge in [0.15, 0.2) is 0 Å². The van der Waals surface area contributed by atoms with E-state index in [2.05, 4.69) is 0 Å². The number of aliphatic hydroxyl groups is 1. The Kier molecular flexibility index (Phi) is 4.99. The van der Waals surface area contributed by atoms with Crippen LogP contribution in [0.2, 0.25) is 5.02 Å². The summed E-state index contributed by atoms with van der Waals surface area (Å²) in [4.78, 5) is 0. The van der Waals surface area contributed by atoms with Crippen molar-refractivity contribution in [3.63, 3.8) is 0 Å². The Labute approximate surface area is 122 Å². The molecular formula is C16H16ClFO2. The molecule has 0 saturated heterocycles. The van der Waals surface area contributed by atoms with E-state index in [4.69, 9.17) is 16.3 Å². The van der Waals surface area contributed by atoms with Crippen LogP contribution in [0.25, 0.3) is 0 Å². The molecule has 0 spiro atoms. The maximum absolute atomic E-state index is 13.7. The van der Waals surface area contributed by atoms with Crippen molar-refractivity contribution < 1.29 is 14.2 Å². The van der Waals surface area contributed by atoms with Crippen LogP contribution >= 0.6 is 11.6 Å². The van der Waals surface area contributed by atoms with E-state index >= 15 is 0 Å². The van der Waals surface area contributed by atoms with Gasteiger partial charge in [-0.1, -0.05) is 42.8 Å². The molecule has 0 heterocycles. The summed E-state index contributed by atoms with van der Waals surface area (Å²) in [5.74, 6) is 0.146. The highest BCUT2D eigenvalue weighted by atomic mass is 35.5. The van der Waals surface area contributed by atoms with Gasteiger partial charge in [0.1, 0.15) is 18.2 Å². The summed E-state index contributed by atoms with van der Waals surface area (Å²) in [5, 5.41) is 10.3. The molecule has 2 nitrogen and oxygen atoms in total. The molecule has 0 aliphatic carbocycles. The van der Waals surface area contributed by atoms with Crippen LogP contribution in [0.5, 0.6) is 5.75 Å². The molecule has 2 rings (SSSR count). The van der Waals surface area contributed by atoms with E-state index in [1.807, 2.05) is 19.1 Å². The zero-order chi connectivity index (χ0) is 14.5. The summed E-state index contributed by atoms with van der Waals surface area (Å²) >= 11 is 5.96. The third-order valence-electron chi connectivity index (χ3n) is 3.10. The molecule has 4 heteroatoms. The molecule has 0 aromatic heterocycles. The summed E-state index contributed by atoms with van der Waals surface area (Å²) in [5.41, 5.74) is 1.01. The fourth-order valence-corrected chi connectivity index (χ4v) is 2.14. The third-order valence-corrected chi connectivity index (χ3v) is 3.45. The Hall–Kier alpha value is -1.58. The molecule has 0 radical (unpaired) electrons. The SMILES string of the molecule is CCC(O)c1ccccc1OCc1c(F)cccc1Cl. The Morgan fingerprint density at radius 1 is 1.20 bits per heavy atom. The number of rotatable bonds is 5. The van der Waals surface area contributed by atoms with E-state index in [0.29, 0.717) is 28.3 Å². The highest BCUT2D eigenvalue weighted by Gasteiger charge is 2.13. The molecule has 0 aliphatic heterocycles. The number of benzene rings is 2. The van der Waals surface area contributed by atoms with E-state index in [1.54, 1.807) is 24.3 Å². The molecule has 2 aromatic carbocycles. The second-order valence-electron chi connectivity index (χ2n) is 4.45. The number of ether oxygens (including phenoxy) is 1. The Balaban J connectivity index is 2.19. The zero-order valence-electron chi connectivity index (χ0n) is 11.1. The van der Waals surface area contributed by atoms with E-state index < -0.39 is 11.9 Å². The maximum atomic E-state index is 13.7. The van der Waals surface area contributed by atoms with Crippen molar-refractivity contribution in [3.05, 3.63) is 64.4 Å². The van der Waals surface area contributed by atoms with Crippen molar-refractivity contribution in [2.75, 3.05) is 0 Å². The zero-order valence-corrected chi connectivity index (χ0v) is 11.9. The van der Waals surface area contributed by atoms with Gasteiger partial charge in [-0.15, -0.1) is 0 Å². The summed E-state index contributed by atoms with van der Waals surface area (Å²) < 4.78 is 19.3. The lowest BCUT2D eigenvalue weighted by Gasteiger charge is -2.15. The normalized spacial score (nSPS) is 12.2. The average Bonchev–Trinajstić information content (AvgIpc) is 2.46. The Morgan fingerprint density at radius 3 is 2.65 bits per heavy atom. The summed E-state index contributed by atoms with van der Waals surface area (Å²) in [6, 6.07) is 11.7. The summed E-state index contributed by atoms with van der Waals surface area (Å²) in [6.07, 6.45) is -0.0109. The molecule has 0 fully saturated rings. The minimum absolute atomic E-state index is 0.0267. The predicted octanol–water partition coefficient (Wildman–Crippen LogP) is 4.50. The minimum Gasteiger partial charge on any atom is -0.488 e. The van der Waals surface area contributed by atoms with Crippen molar-refractivity contribution in [2.24, 2.45) is 0 Å². The topological polar surface area (TPSA) is 29.5 Å². The van der Waals surface area contributed by atoms with Gasteiger partial charge in [0.25, 0.3) is 0 Å². The monoisotopic (exact) mass is 294 g/mol. The van der Waals surface area contributed by atoms with Gasteiger partial charge in [-0.2, -0.15) is 0 Å². The van der Waals surface area contributed by atoms with Gasteiger partial charge in [-0.25, -0.2) is 4.39 Å². The highest BCUT2D eigenvalue weighted by molar-refractivity contribution is 6.31. The molecule has 1 unspecified atom stereocenters. The van der Waals surface area contributed by atoms with Crippen molar-refractivity contribution in [1.29, 1.82) is 0 Å². The standard InChI is InChI=1S/C16H16ClFO2/c1-2-15(19)11-6-3-4-9-16(11)20-10-12-13(17)7-5-8-14(12)18/h3-9,15,19H,2,10H2,1H3. The molecule has 0 aliphatic rings. The fourth-order valence-electron chi connectivity index (χ4n) is 1.93. The average molecular weight is 295 g/mol. The van der Waals surface area contributed by atoms with Crippen molar-refractivity contribution in [2.45, 2.75) is 26.1 Å². The van der Waals surface area contributed by atoms with E-state index in [9.17, 15) is 9.50 Å². The number of para-hydroxylation sites is 1. The van der Waals surface area contributed by atoms with Crippen LogP contribution in [0.1, 0.15) is 30.6 Å². The van der Waals surface area contributed by atoms with E-state index in [1.165, 1.54) is 6.07 Å². The second kappa shape index (κ2) is 6.73. The van der Waals surface area contributed by atoms with Gasteiger partial charge in [0.05, 0.1) is 11.1 Å². The largest absolute Gasteiger partial charge is 0.488 e. The van der Waals surface area contributed by atoms with Gasteiger partial charge in [0, 0.05) is 11.1 Å². The van der Waals surface area contributed by atoms with Crippen molar-refractivity contribution in [1.82, 2.24) is 0 Å². The molecular weight excluding hydrogens is 279 g/mol. The van der Waals surface area contributed by atoms with Crippen LogP contribution in [0, 0.1) is 5.82 Å². The molecule has 1 N–H and O–H groups in total. The van der Waals surface area contributed by atoms with Crippen LogP contribution in [0.4, 0.5) is 4.39 Å². The first kappa shape index (κ1) is 14.8. The fraction of sp³-hybridized carbons (Fsp3) is 0.250. The highest BCUT2D eigenvalue weighted by Crippen LogP contribution is 2.28. The first-order chi connectivity index (χ1) is 9.63. The smallest absolute Gasteiger partial charge is 0.131 e. The first-order valence-corrected chi connectivity index (χ1v) is 6.84. The van der Waals surface area contributed by atoms with Crippen molar-refractivity contribution in [3.8, 4) is 5.75 Å². The third kappa shape index (κ3) is 3.30. The first-order valence-electron chi connectivity index (χ1n) is 6.46. The van der Waals surface area contributed by atoms with E-state index in [-0.39, 0.29) is 6.61 Å². The van der Waals surface area contributed by atoms with Crippen LogP contribution in [-0.4, -0.2) is 5.11 Å². The maximum Gasteiger partial charge on any atom is 0.131 e. The number of hydrogen-bond acceptors (Lipinski definition) is 2. The molecule has 0 amide bonds. The quantitative estimate of drug-likeness (QED) is 0.879.